The number of nitrogens with zero attached hydrogens (tertiary/aromatic N) is 2. The van der Waals surface area contributed by atoms with Gasteiger partial charge in [0.1, 0.15) is 23.4 Å². The van der Waals surface area contributed by atoms with Crippen LogP contribution < -0.4 is 5.32 Å². The van der Waals surface area contributed by atoms with Crippen LogP contribution in [0.5, 0.6) is 0 Å². The van der Waals surface area contributed by atoms with E-state index < -0.39 is 17.8 Å². The molecule has 3 amide bonds. The Bertz CT molecular complexity index is 1090. The molecular formula is C24H26FN3O4. The summed E-state index contributed by atoms with van der Waals surface area (Å²) < 4.78 is 20.2. The molecule has 2 fully saturated rings. The van der Waals surface area contributed by atoms with Crippen LogP contribution in [0.3, 0.4) is 0 Å². The van der Waals surface area contributed by atoms with Crippen LogP contribution in [-0.2, 0) is 22.7 Å². The number of hydrogen-bond acceptors (Lipinski definition) is 5. The van der Waals surface area contributed by atoms with Gasteiger partial charge >= 0.3 is 0 Å². The van der Waals surface area contributed by atoms with Crippen LogP contribution in [-0.4, -0.2) is 46.7 Å². The zero-order valence-corrected chi connectivity index (χ0v) is 18.0. The number of rotatable bonds is 4. The van der Waals surface area contributed by atoms with Gasteiger partial charge in [-0.15, -0.1) is 0 Å². The van der Waals surface area contributed by atoms with E-state index in [1.807, 2.05) is 19.1 Å². The number of furan rings is 1. The number of benzene rings is 1. The number of nitrogens with one attached hydrogen (secondary N) is 1. The van der Waals surface area contributed by atoms with Gasteiger partial charge < -0.3 is 9.32 Å². The third-order valence-corrected chi connectivity index (χ3v) is 6.86. The van der Waals surface area contributed by atoms with Gasteiger partial charge in [0.15, 0.2) is 0 Å². The number of hydrogen-bond donors (Lipinski definition) is 1. The molecule has 1 aromatic carbocycles. The Morgan fingerprint density at radius 2 is 1.91 bits per heavy atom. The summed E-state index contributed by atoms with van der Waals surface area (Å²) in [6, 6.07) is 6.10. The maximum absolute atomic E-state index is 14.5. The molecule has 1 unspecified atom stereocenters. The summed E-state index contributed by atoms with van der Waals surface area (Å²) in [4.78, 5) is 40.7. The Hall–Kier alpha value is -3.00. The summed E-state index contributed by atoms with van der Waals surface area (Å²) >= 11 is 0. The molecule has 0 aliphatic carbocycles. The van der Waals surface area contributed by atoms with Gasteiger partial charge in [0.05, 0.1) is 6.54 Å². The number of carbonyl (C=O) groups is 3. The predicted octanol–water partition coefficient (Wildman–Crippen LogP) is 2.87. The van der Waals surface area contributed by atoms with Crippen LogP contribution in [0.4, 0.5) is 4.39 Å². The summed E-state index contributed by atoms with van der Waals surface area (Å²) in [7, 11) is 0. The summed E-state index contributed by atoms with van der Waals surface area (Å²) in [5.41, 5.74) is 2.04. The molecule has 1 atom stereocenters. The van der Waals surface area contributed by atoms with Crippen LogP contribution >= 0.6 is 0 Å². The second-order valence-corrected chi connectivity index (χ2v) is 8.98. The first-order valence-corrected chi connectivity index (χ1v) is 11.1. The molecule has 1 aromatic heterocycles. The lowest BCUT2D eigenvalue weighted by molar-refractivity contribution is -0.136. The van der Waals surface area contributed by atoms with Gasteiger partial charge in [-0.3, -0.25) is 24.6 Å². The smallest absolute Gasteiger partial charge is 0.255 e. The molecule has 0 radical (unpaired) electrons. The van der Waals surface area contributed by atoms with Crippen molar-refractivity contribution in [1.82, 2.24) is 15.1 Å². The quantitative estimate of drug-likeness (QED) is 0.741. The zero-order valence-electron chi connectivity index (χ0n) is 18.0. The van der Waals surface area contributed by atoms with Crippen LogP contribution in [0.25, 0.3) is 0 Å². The highest BCUT2D eigenvalue weighted by Crippen LogP contribution is 2.38. The highest BCUT2D eigenvalue weighted by Gasteiger charge is 2.41. The summed E-state index contributed by atoms with van der Waals surface area (Å²) in [6.45, 7) is 4.69. The number of aryl methyl sites for hydroxylation is 1. The minimum absolute atomic E-state index is 0.156. The van der Waals surface area contributed by atoms with Crippen molar-refractivity contribution < 1.29 is 23.2 Å². The SMILES string of the molecule is Cc1ccc(CN2CCC(c3cc(F)cc4c3CN(C3CCC(=O)NC3=O)C4=O)CC2)o1. The van der Waals surface area contributed by atoms with E-state index in [9.17, 15) is 18.8 Å². The lowest BCUT2D eigenvalue weighted by Gasteiger charge is -2.32. The van der Waals surface area contributed by atoms with Crippen LogP contribution in [0.1, 0.15) is 64.6 Å². The normalized spacial score (nSPS) is 22.4. The Kier molecular flexibility index (Phi) is 5.33. The number of carbonyl (C=O) groups excluding carboxylic acids is 3. The molecule has 4 heterocycles. The van der Waals surface area contributed by atoms with E-state index in [-0.39, 0.29) is 30.7 Å². The summed E-state index contributed by atoms with van der Waals surface area (Å²) in [5.74, 6) is 0.466. The summed E-state index contributed by atoms with van der Waals surface area (Å²) in [5, 5.41) is 2.31. The molecule has 3 aliphatic rings. The van der Waals surface area contributed by atoms with Gasteiger partial charge in [0.25, 0.3) is 5.91 Å². The Balaban J connectivity index is 1.32. The van der Waals surface area contributed by atoms with E-state index in [4.69, 9.17) is 4.42 Å². The minimum Gasteiger partial charge on any atom is -0.465 e. The van der Waals surface area contributed by atoms with Crippen molar-refractivity contribution in [3.05, 3.63) is 58.3 Å². The number of imide groups is 1. The fourth-order valence-corrected chi connectivity index (χ4v) is 5.21. The van der Waals surface area contributed by atoms with Crippen molar-refractivity contribution in [1.29, 1.82) is 0 Å². The van der Waals surface area contributed by atoms with Crippen LogP contribution in [0.2, 0.25) is 0 Å². The molecule has 5 rings (SSSR count). The second kappa shape index (κ2) is 8.16. The van der Waals surface area contributed by atoms with Crippen molar-refractivity contribution in [3.63, 3.8) is 0 Å². The second-order valence-electron chi connectivity index (χ2n) is 8.98. The van der Waals surface area contributed by atoms with E-state index in [1.165, 1.54) is 11.0 Å². The standard InChI is InChI=1S/C24H26FN3O4/c1-14-2-3-17(32-14)12-27-8-6-15(7-9-27)18-10-16(25)11-19-20(18)13-28(24(19)31)21-4-5-22(29)26-23(21)30/h2-3,10-11,15,21H,4-9,12-13H2,1H3,(H,26,29,30). The fraction of sp³-hybridized carbons (Fsp3) is 0.458. The highest BCUT2D eigenvalue weighted by atomic mass is 19.1. The number of amides is 3. The number of fused-ring (bicyclic) bond motifs is 1. The lowest BCUT2D eigenvalue weighted by Crippen LogP contribution is -2.52. The molecule has 168 valence electrons. The van der Waals surface area contributed by atoms with Gasteiger partial charge in [-0.05, 0) is 80.6 Å². The number of piperidine rings is 2. The first-order valence-electron chi connectivity index (χ1n) is 11.1. The average Bonchev–Trinajstić information content (AvgIpc) is 3.31. The maximum Gasteiger partial charge on any atom is 0.255 e. The van der Waals surface area contributed by atoms with E-state index in [1.54, 1.807) is 6.07 Å². The number of halogens is 1. The molecule has 0 bridgehead atoms. The number of likely N-dealkylation sites (tertiary alicyclic amines) is 1. The van der Waals surface area contributed by atoms with Gasteiger partial charge in [-0.1, -0.05) is 0 Å². The topological polar surface area (TPSA) is 82.9 Å². The molecule has 0 spiro atoms. The molecule has 0 saturated carbocycles. The van der Waals surface area contributed by atoms with Gasteiger partial charge in [-0.25, -0.2) is 4.39 Å². The van der Waals surface area contributed by atoms with Crippen LogP contribution in [0.15, 0.2) is 28.7 Å². The highest BCUT2D eigenvalue weighted by molar-refractivity contribution is 6.05. The monoisotopic (exact) mass is 439 g/mol. The molecule has 8 heteroatoms. The van der Waals surface area contributed by atoms with E-state index in [0.717, 1.165) is 55.1 Å². The van der Waals surface area contributed by atoms with Gasteiger partial charge in [-0.2, -0.15) is 0 Å². The van der Waals surface area contributed by atoms with Crippen molar-refractivity contribution in [3.8, 4) is 0 Å². The maximum atomic E-state index is 14.5. The van der Waals surface area contributed by atoms with Gasteiger partial charge in [0, 0.05) is 18.5 Å². The van der Waals surface area contributed by atoms with E-state index in [2.05, 4.69) is 10.2 Å². The minimum atomic E-state index is -0.692. The Morgan fingerprint density at radius 1 is 1.12 bits per heavy atom. The molecule has 32 heavy (non-hydrogen) atoms. The molecule has 1 N–H and O–H groups in total. The average molecular weight is 439 g/mol. The Labute approximate surface area is 185 Å². The van der Waals surface area contributed by atoms with Crippen molar-refractivity contribution in [2.75, 3.05) is 13.1 Å². The molecule has 2 aromatic rings. The first kappa shape index (κ1) is 20.9. The molecular weight excluding hydrogens is 413 g/mol. The lowest BCUT2D eigenvalue weighted by atomic mass is 9.85. The molecule has 2 saturated heterocycles. The van der Waals surface area contributed by atoms with Crippen molar-refractivity contribution in [2.45, 2.75) is 57.7 Å². The van der Waals surface area contributed by atoms with Crippen molar-refractivity contribution >= 4 is 17.7 Å². The van der Waals surface area contributed by atoms with E-state index in [0.29, 0.717) is 12.0 Å². The van der Waals surface area contributed by atoms with E-state index >= 15 is 0 Å². The molecule has 7 nitrogen and oxygen atoms in total. The summed E-state index contributed by atoms with van der Waals surface area (Å²) in [6.07, 6.45) is 2.22. The van der Waals surface area contributed by atoms with Crippen LogP contribution in [0, 0.1) is 12.7 Å². The zero-order chi connectivity index (χ0) is 22.4. The molecule has 3 aliphatic heterocycles. The largest absolute Gasteiger partial charge is 0.465 e. The fourth-order valence-electron chi connectivity index (χ4n) is 5.21. The van der Waals surface area contributed by atoms with Crippen molar-refractivity contribution in [2.24, 2.45) is 0 Å². The third kappa shape index (κ3) is 3.83. The van der Waals surface area contributed by atoms with Gasteiger partial charge in [0.2, 0.25) is 11.8 Å². The Morgan fingerprint density at radius 3 is 2.59 bits per heavy atom. The predicted molar refractivity (Wildman–Crippen MR) is 113 cm³/mol. The first-order chi connectivity index (χ1) is 15.4. The third-order valence-electron chi connectivity index (χ3n) is 6.86.